The van der Waals surface area contributed by atoms with Crippen LogP contribution in [0.25, 0.3) is 0 Å². The van der Waals surface area contributed by atoms with Gasteiger partial charge in [-0.25, -0.2) is 13.2 Å². The van der Waals surface area contributed by atoms with Crippen LogP contribution in [0.4, 0.5) is 5.69 Å². The molecule has 0 bridgehead atoms. The third kappa shape index (κ3) is 4.62. The number of esters is 1. The van der Waals surface area contributed by atoms with Crippen LogP contribution in [-0.4, -0.2) is 49.0 Å². The van der Waals surface area contributed by atoms with Crippen molar-refractivity contribution < 1.29 is 27.5 Å². The molecule has 3 rings (SSSR count). The second-order valence-corrected chi connectivity index (χ2v) is 8.61. The zero-order valence-electron chi connectivity index (χ0n) is 15.9. The van der Waals surface area contributed by atoms with Gasteiger partial charge in [-0.05, 0) is 31.2 Å². The number of anilines is 1. The number of ether oxygens (including phenoxy) is 1. The molecule has 0 saturated heterocycles. The topological polar surface area (TPSA) is 103 Å². The molecule has 0 N–H and O–H groups in total. The molecule has 1 amide bonds. The maximum absolute atomic E-state index is 12.8. The lowest BCUT2D eigenvalue weighted by Crippen LogP contribution is -2.43. The van der Waals surface area contributed by atoms with Crippen molar-refractivity contribution in [3.63, 3.8) is 0 Å². The van der Waals surface area contributed by atoms with Crippen LogP contribution in [0, 0.1) is 0 Å². The summed E-state index contributed by atoms with van der Waals surface area (Å²) in [6.07, 6.45) is 2.95. The summed E-state index contributed by atoms with van der Waals surface area (Å²) in [5.41, 5.74) is 0.994. The third-order valence-corrected chi connectivity index (χ3v) is 5.87. The van der Waals surface area contributed by atoms with E-state index >= 15 is 0 Å². The van der Waals surface area contributed by atoms with E-state index in [1.165, 1.54) is 34.7 Å². The number of ketones is 1. The minimum absolute atomic E-state index is 0.137. The second kappa shape index (κ2) is 8.04. The number of sulfone groups is 1. The molecule has 1 aliphatic heterocycles. The van der Waals surface area contributed by atoms with Gasteiger partial charge in [0.2, 0.25) is 0 Å². The molecule has 1 atom stereocenters. The van der Waals surface area contributed by atoms with Crippen molar-refractivity contribution in [1.82, 2.24) is 4.57 Å². The van der Waals surface area contributed by atoms with Gasteiger partial charge < -0.3 is 14.2 Å². The molecule has 0 saturated carbocycles. The van der Waals surface area contributed by atoms with Crippen molar-refractivity contribution >= 4 is 33.2 Å². The van der Waals surface area contributed by atoms with E-state index in [0.717, 1.165) is 5.41 Å². The number of hydrogen-bond donors (Lipinski definition) is 0. The highest BCUT2D eigenvalue weighted by atomic mass is 32.2. The van der Waals surface area contributed by atoms with Crippen LogP contribution in [0.5, 0.6) is 0 Å². The Kier molecular flexibility index (Phi) is 5.69. The summed E-state index contributed by atoms with van der Waals surface area (Å²) in [5, 5.41) is 1.08. The molecule has 0 unspecified atom stereocenters. The summed E-state index contributed by atoms with van der Waals surface area (Å²) in [6.45, 7) is 0.813. The molecule has 0 radical (unpaired) electrons. The van der Waals surface area contributed by atoms with Gasteiger partial charge in [0, 0.05) is 29.9 Å². The molecule has 2 aromatic rings. The Bertz CT molecular complexity index is 1090. The van der Waals surface area contributed by atoms with Gasteiger partial charge >= 0.3 is 5.97 Å². The van der Waals surface area contributed by atoms with Gasteiger partial charge in [0.1, 0.15) is 5.69 Å². The molecule has 0 spiro atoms. The fourth-order valence-electron chi connectivity index (χ4n) is 3.06. The van der Waals surface area contributed by atoms with E-state index in [2.05, 4.69) is 0 Å². The molecule has 1 aromatic carbocycles. The molecular weight excluding hydrogens is 396 g/mol. The molecule has 8 nitrogen and oxygen atoms in total. The molecule has 0 aliphatic carbocycles. The minimum Gasteiger partial charge on any atom is -0.451 e. The molecule has 1 aliphatic rings. The first-order valence-corrected chi connectivity index (χ1v) is 10.5. The van der Waals surface area contributed by atoms with Crippen LogP contribution in [0.3, 0.4) is 0 Å². The summed E-state index contributed by atoms with van der Waals surface area (Å²) in [6, 6.07) is 9.28. The Labute approximate surface area is 168 Å². The zero-order chi connectivity index (χ0) is 21.2. The number of amides is 1. The van der Waals surface area contributed by atoms with Gasteiger partial charge in [-0.3, -0.25) is 9.59 Å². The highest BCUT2D eigenvalue weighted by molar-refractivity contribution is 7.94. The van der Waals surface area contributed by atoms with E-state index in [0.29, 0.717) is 11.3 Å². The van der Waals surface area contributed by atoms with Crippen molar-refractivity contribution in [2.24, 2.45) is 7.05 Å². The van der Waals surface area contributed by atoms with E-state index in [1.54, 1.807) is 37.4 Å². The summed E-state index contributed by atoms with van der Waals surface area (Å²) >= 11 is 0. The molecule has 0 fully saturated rings. The molecule has 152 valence electrons. The van der Waals surface area contributed by atoms with Gasteiger partial charge in [0.05, 0.1) is 11.8 Å². The molecular formula is C20H20N2O6S. The number of para-hydroxylation sites is 1. The number of Topliss-reactive ketones (excluding diaryl/α,β-unsaturated/α-hetero) is 1. The molecule has 1 aromatic heterocycles. The Morgan fingerprint density at radius 3 is 2.45 bits per heavy atom. The summed E-state index contributed by atoms with van der Waals surface area (Å²) in [4.78, 5) is 38.0. The smallest absolute Gasteiger partial charge is 0.355 e. The monoisotopic (exact) mass is 416 g/mol. The number of aromatic nitrogens is 1. The number of nitrogens with zero attached hydrogens (tertiary/aromatic N) is 2. The first-order chi connectivity index (χ1) is 13.7. The van der Waals surface area contributed by atoms with Gasteiger partial charge in [0.15, 0.2) is 22.2 Å². The molecule has 2 heterocycles. The predicted molar refractivity (Wildman–Crippen MR) is 106 cm³/mol. The summed E-state index contributed by atoms with van der Waals surface area (Å²) < 4.78 is 30.2. The average molecular weight is 416 g/mol. The van der Waals surface area contributed by atoms with Crippen molar-refractivity contribution in [1.29, 1.82) is 0 Å². The lowest BCUT2D eigenvalue weighted by Gasteiger charge is -2.27. The average Bonchev–Trinajstić information content (AvgIpc) is 3.23. The van der Waals surface area contributed by atoms with E-state index in [-0.39, 0.29) is 17.2 Å². The quantitative estimate of drug-likeness (QED) is 0.525. The predicted octanol–water partition coefficient (Wildman–Crippen LogP) is 1.73. The van der Waals surface area contributed by atoms with E-state index in [9.17, 15) is 22.8 Å². The zero-order valence-corrected chi connectivity index (χ0v) is 16.8. The largest absolute Gasteiger partial charge is 0.451 e. The highest BCUT2D eigenvalue weighted by Gasteiger charge is 2.32. The van der Waals surface area contributed by atoms with Crippen LogP contribution in [0.2, 0.25) is 0 Å². The standard InChI is InChI=1S/C20H20N2O6S/c1-14(23)15-10-18(21(2)11-15)20(25)28-12-19(24)22(16-6-4-3-5-7-16)17-8-9-29(26,27)13-17/h3-11,17H,12-13H2,1-2H3/t17-/m1/s1. The second-order valence-electron chi connectivity index (χ2n) is 6.68. The van der Waals surface area contributed by atoms with E-state index in [1.807, 2.05) is 0 Å². The van der Waals surface area contributed by atoms with Gasteiger partial charge in [-0.1, -0.05) is 18.2 Å². The minimum atomic E-state index is -3.38. The van der Waals surface area contributed by atoms with Crippen molar-refractivity contribution in [2.45, 2.75) is 13.0 Å². The number of carbonyl (C=O) groups is 3. The summed E-state index contributed by atoms with van der Waals surface area (Å²) in [7, 11) is -1.79. The van der Waals surface area contributed by atoms with Gasteiger partial charge in [-0.15, -0.1) is 0 Å². The fraction of sp³-hybridized carbons (Fsp3) is 0.250. The van der Waals surface area contributed by atoms with Crippen LogP contribution < -0.4 is 4.90 Å². The van der Waals surface area contributed by atoms with Crippen LogP contribution in [0.15, 0.2) is 54.1 Å². The third-order valence-electron chi connectivity index (χ3n) is 4.49. The number of rotatable bonds is 6. The normalized spacial score (nSPS) is 17.1. The van der Waals surface area contributed by atoms with Crippen molar-refractivity contribution in [3.05, 3.63) is 65.3 Å². The number of carbonyl (C=O) groups excluding carboxylic acids is 3. The van der Waals surface area contributed by atoms with E-state index in [4.69, 9.17) is 4.74 Å². The lowest BCUT2D eigenvalue weighted by atomic mass is 10.2. The first kappa shape index (κ1) is 20.5. The first-order valence-electron chi connectivity index (χ1n) is 8.80. The van der Waals surface area contributed by atoms with Crippen molar-refractivity contribution in [2.75, 3.05) is 17.3 Å². The van der Waals surface area contributed by atoms with E-state index < -0.39 is 34.4 Å². The fourth-order valence-corrected chi connectivity index (χ4v) is 4.33. The Morgan fingerprint density at radius 1 is 1.21 bits per heavy atom. The Balaban J connectivity index is 1.76. The number of hydrogen-bond acceptors (Lipinski definition) is 6. The SMILES string of the molecule is CC(=O)c1cc(C(=O)OCC(=O)N(c2ccccc2)[C@@H]2C=CS(=O)(=O)C2)n(C)c1. The van der Waals surface area contributed by atoms with Gasteiger partial charge in [0.25, 0.3) is 5.91 Å². The summed E-state index contributed by atoms with van der Waals surface area (Å²) in [5.74, 6) is -1.74. The highest BCUT2D eigenvalue weighted by Crippen LogP contribution is 2.23. The van der Waals surface area contributed by atoms with Crippen LogP contribution >= 0.6 is 0 Å². The number of benzene rings is 1. The Morgan fingerprint density at radius 2 is 1.90 bits per heavy atom. The maximum atomic E-state index is 12.8. The van der Waals surface area contributed by atoms with Crippen molar-refractivity contribution in [3.8, 4) is 0 Å². The van der Waals surface area contributed by atoms with Crippen LogP contribution in [-0.2, 0) is 26.4 Å². The van der Waals surface area contributed by atoms with Crippen LogP contribution in [0.1, 0.15) is 27.8 Å². The van der Waals surface area contributed by atoms with Gasteiger partial charge in [-0.2, -0.15) is 0 Å². The lowest BCUT2D eigenvalue weighted by molar-refractivity contribution is -0.121. The molecule has 9 heteroatoms. The number of aryl methyl sites for hydroxylation is 1. The Hall–Kier alpha value is -3.20. The molecule has 29 heavy (non-hydrogen) atoms. The maximum Gasteiger partial charge on any atom is 0.355 e.